The summed E-state index contributed by atoms with van der Waals surface area (Å²) < 4.78 is 0. The third kappa shape index (κ3) is 4.31. The van der Waals surface area contributed by atoms with Gasteiger partial charge >= 0.3 is 0 Å². The molecule has 1 radical (unpaired) electrons. The van der Waals surface area contributed by atoms with E-state index in [1.807, 2.05) is 14.0 Å². The fourth-order valence-electron chi connectivity index (χ4n) is 0. The van der Waals surface area contributed by atoms with Crippen LogP contribution in [0.25, 0.3) is 0 Å². The van der Waals surface area contributed by atoms with Gasteiger partial charge in [-0.1, -0.05) is 12.6 Å². The summed E-state index contributed by atoms with van der Waals surface area (Å²) in [6.45, 7) is 1.93. The minimum Gasteiger partial charge on any atom is -0.308 e. The van der Waals surface area contributed by atoms with Crippen LogP contribution in [0.4, 0.5) is 0 Å². The second-order valence-corrected chi connectivity index (χ2v) is 1.64. The molecule has 0 aliphatic rings. The molecule has 0 amide bonds. The van der Waals surface area contributed by atoms with Crippen LogP contribution >= 0.6 is 12.6 Å². The standard InChI is InChI=1S/C3H8NS/c1-3(5)4-2/h3-4H,1-2H3. The van der Waals surface area contributed by atoms with Crippen LogP contribution in [0.1, 0.15) is 6.92 Å². The van der Waals surface area contributed by atoms with Gasteiger partial charge < -0.3 is 5.32 Å². The number of rotatable bonds is 1. The van der Waals surface area contributed by atoms with Gasteiger partial charge in [-0.2, -0.15) is 0 Å². The second-order valence-electron chi connectivity index (χ2n) is 0.931. The lowest BCUT2D eigenvalue weighted by molar-refractivity contribution is 0.812. The van der Waals surface area contributed by atoms with Crippen molar-refractivity contribution in [1.29, 1.82) is 0 Å². The van der Waals surface area contributed by atoms with Gasteiger partial charge in [0.05, 0.1) is 5.37 Å². The topological polar surface area (TPSA) is 12.0 Å². The Morgan fingerprint density at radius 3 is 2.00 bits per heavy atom. The molecule has 1 unspecified atom stereocenters. The first kappa shape index (κ1) is 5.31. The quantitative estimate of drug-likeness (QED) is 0.501. The van der Waals surface area contributed by atoms with E-state index in [1.165, 1.54) is 0 Å². The number of hydrogen-bond acceptors (Lipinski definition) is 1. The first-order valence-electron chi connectivity index (χ1n) is 1.60. The van der Waals surface area contributed by atoms with E-state index in [1.54, 1.807) is 0 Å². The fraction of sp³-hybridized carbons (Fsp3) is 1.00. The highest BCUT2D eigenvalue weighted by molar-refractivity contribution is 7.80. The molecule has 1 atom stereocenters. The maximum absolute atomic E-state index is 4.67. The van der Waals surface area contributed by atoms with Crippen molar-refractivity contribution in [2.75, 3.05) is 7.05 Å². The Balaban J connectivity index is 2.54. The summed E-state index contributed by atoms with van der Waals surface area (Å²) in [5.74, 6) is 0. The van der Waals surface area contributed by atoms with Crippen molar-refractivity contribution in [3.8, 4) is 0 Å². The average molecular weight is 90.2 g/mol. The van der Waals surface area contributed by atoms with Crippen LogP contribution in [-0.2, 0) is 0 Å². The van der Waals surface area contributed by atoms with Crippen LogP contribution in [0.2, 0.25) is 0 Å². The van der Waals surface area contributed by atoms with E-state index in [4.69, 9.17) is 0 Å². The Labute approximate surface area is 38.2 Å². The van der Waals surface area contributed by atoms with E-state index in [-0.39, 0.29) is 5.37 Å². The summed E-state index contributed by atoms with van der Waals surface area (Å²) in [7, 11) is 1.84. The Bertz CT molecular complexity index is 20.9. The average Bonchev–Trinajstić information content (AvgIpc) is 1.38. The van der Waals surface area contributed by atoms with Gasteiger partial charge in [-0.05, 0) is 14.0 Å². The van der Waals surface area contributed by atoms with Crippen molar-refractivity contribution in [3.63, 3.8) is 0 Å². The number of hydrogen-bond donors (Lipinski definition) is 1. The molecule has 0 aromatic rings. The van der Waals surface area contributed by atoms with Gasteiger partial charge in [0, 0.05) is 0 Å². The third-order valence-corrected chi connectivity index (χ3v) is 0.642. The molecular formula is C3H8NS. The predicted molar refractivity (Wildman–Crippen MR) is 26.1 cm³/mol. The first-order chi connectivity index (χ1) is 2.27. The lowest BCUT2D eigenvalue weighted by Gasteiger charge is -1.92. The van der Waals surface area contributed by atoms with Crippen molar-refractivity contribution in [2.24, 2.45) is 0 Å². The molecule has 0 rings (SSSR count). The molecule has 0 aliphatic carbocycles. The third-order valence-electron chi connectivity index (χ3n) is 0.407. The van der Waals surface area contributed by atoms with Crippen molar-refractivity contribution >= 4 is 12.6 Å². The van der Waals surface area contributed by atoms with Crippen molar-refractivity contribution in [1.82, 2.24) is 5.32 Å². The zero-order valence-electron chi connectivity index (χ0n) is 3.49. The zero-order valence-corrected chi connectivity index (χ0v) is 4.30. The molecule has 31 valence electrons. The largest absolute Gasteiger partial charge is 0.308 e. The maximum atomic E-state index is 4.67. The summed E-state index contributed by atoms with van der Waals surface area (Å²) >= 11 is 4.67. The summed E-state index contributed by atoms with van der Waals surface area (Å²) in [4.78, 5) is 0. The fourth-order valence-corrected chi connectivity index (χ4v) is 0. The Hall–Kier alpha value is 0.310. The molecule has 0 saturated carbocycles. The second kappa shape index (κ2) is 2.54. The lowest BCUT2D eigenvalue weighted by Crippen LogP contribution is -2.12. The van der Waals surface area contributed by atoms with Crippen LogP contribution in [0.15, 0.2) is 0 Å². The molecular weight excluding hydrogens is 82.1 g/mol. The Kier molecular flexibility index (Phi) is 2.70. The summed E-state index contributed by atoms with van der Waals surface area (Å²) in [6, 6.07) is 0. The van der Waals surface area contributed by atoms with Crippen LogP contribution in [-0.4, -0.2) is 12.4 Å². The van der Waals surface area contributed by atoms with E-state index >= 15 is 0 Å². The van der Waals surface area contributed by atoms with Gasteiger partial charge in [-0.15, -0.1) is 0 Å². The van der Waals surface area contributed by atoms with E-state index in [0.717, 1.165) is 0 Å². The maximum Gasteiger partial charge on any atom is 0.0606 e. The molecule has 0 aliphatic heterocycles. The zero-order chi connectivity index (χ0) is 4.28. The van der Waals surface area contributed by atoms with Crippen LogP contribution in [0.3, 0.4) is 0 Å². The van der Waals surface area contributed by atoms with E-state index in [9.17, 15) is 0 Å². The summed E-state index contributed by atoms with van der Waals surface area (Å²) in [6.07, 6.45) is 0. The van der Waals surface area contributed by atoms with Gasteiger partial charge in [0.1, 0.15) is 0 Å². The molecule has 1 nitrogen and oxygen atoms in total. The molecule has 0 saturated heterocycles. The molecule has 0 fully saturated rings. The van der Waals surface area contributed by atoms with Gasteiger partial charge in [0.2, 0.25) is 0 Å². The van der Waals surface area contributed by atoms with Gasteiger partial charge in [-0.25, -0.2) is 0 Å². The highest BCUT2D eigenvalue weighted by Crippen LogP contribution is 1.79. The van der Waals surface area contributed by atoms with Crippen molar-refractivity contribution < 1.29 is 0 Å². The number of nitrogens with one attached hydrogen (secondary N) is 1. The predicted octanol–water partition coefficient (Wildman–Crippen LogP) is 0.749. The Morgan fingerprint density at radius 1 is 1.80 bits per heavy atom. The molecule has 5 heavy (non-hydrogen) atoms. The molecule has 0 aromatic carbocycles. The molecule has 0 aromatic heterocycles. The Morgan fingerprint density at radius 2 is 2.00 bits per heavy atom. The normalized spacial score (nSPS) is 15.0. The minimum absolute atomic E-state index is 0.218. The minimum atomic E-state index is 0.218. The SMILES string of the molecule is CNC(C)[S]. The monoisotopic (exact) mass is 90.0 g/mol. The van der Waals surface area contributed by atoms with Gasteiger partial charge in [0.15, 0.2) is 0 Å². The van der Waals surface area contributed by atoms with Crippen LogP contribution in [0, 0.1) is 0 Å². The molecule has 0 bridgehead atoms. The summed E-state index contributed by atoms with van der Waals surface area (Å²) in [5.41, 5.74) is 0. The lowest BCUT2D eigenvalue weighted by atomic mass is 10.8. The van der Waals surface area contributed by atoms with Crippen LogP contribution < -0.4 is 5.32 Å². The highest BCUT2D eigenvalue weighted by atomic mass is 32.1. The van der Waals surface area contributed by atoms with E-state index in [0.29, 0.717) is 0 Å². The summed E-state index contributed by atoms with van der Waals surface area (Å²) in [5, 5.41) is 3.06. The van der Waals surface area contributed by atoms with E-state index < -0.39 is 0 Å². The molecule has 0 heterocycles. The molecule has 2 heteroatoms. The van der Waals surface area contributed by atoms with Crippen LogP contribution in [0.5, 0.6) is 0 Å². The highest BCUT2D eigenvalue weighted by Gasteiger charge is 1.79. The smallest absolute Gasteiger partial charge is 0.0606 e. The molecule has 0 spiro atoms. The van der Waals surface area contributed by atoms with Gasteiger partial charge in [-0.3, -0.25) is 0 Å². The van der Waals surface area contributed by atoms with Gasteiger partial charge in [0.25, 0.3) is 0 Å². The van der Waals surface area contributed by atoms with Crippen molar-refractivity contribution in [3.05, 3.63) is 0 Å². The molecule has 1 N–H and O–H groups in total. The van der Waals surface area contributed by atoms with Crippen molar-refractivity contribution in [2.45, 2.75) is 12.3 Å². The first-order valence-corrected chi connectivity index (χ1v) is 2.07. The van der Waals surface area contributed by atoms with E-state index in [2.05, 4.69) is 17.9 Å².